The van der Waals surface area contributed by atoms with Crippen LogP contribution in [0.1, 0.15) is 22.3 Å². The van der Waals surface area contributed by atoms with E-state index in [9.17, 15) is 9.59 Å². The highest BCUT2D eigenvalue weighted by molar-refractivity contribution is 6.31. The molecule has 1 aromatic carbocycles. The van der Waals surface area contributed by atoms with Crippen molar-refractivity contribution < 1.29 is 19.4 Å². The van der Waals surface area contributed by atoms with Gasteiger partial charge in [-0.3, -0.25) is 4.79 Å². The molecule has 0 aliphatic carbocycles. The monoisotopic (exact) mass is 251 g/mol. The summed E-state index contributed by atoms with van der Waals surface area (Å²) in [4.78, 5) is 21.4. The number of ether oxygens (including phenoxy) is 1. The summed E-state index contributed by atoms with van der Waals surface area (Å²) >= 11 is 0. The Labute approximate surface area is 106 Å². The minimum absolute atomic E-state index is 0.197. The van der Waals surface area contributed by atoms with E-state index in [0.717, 1.165) is 28.0 Å². The number of rotatable bonds is 3. The first-order valence-electron chi connectivity index (χ1n) is 5.53. The molecule has 0 atom stereocenters. The van der Waals surface area contributed by atoms with Crippen molar-refractivity contribution in [2.45, 2.75) is 27.3 Å². The molecule has 0 bridgehead atoms. The lowest BCUT2D eigenvalue weighted by Crippen LogP contribution is -2.30. The second-order valence-corrected chi connectivity index (χ2v) is 4.12. The number of nitrogens with one attached hydrogen (secondary N) is 1. The van der Waals surface area contributed by atoms with Crippen LogP contribution < -0.4 is 10.1 Å². The number of aryl methyl sites for hydroxylation is 1. The van der Waals surface area contributed by atoms with Gasteiger partial charge in [-0.05, 0) is 43.0 Å². The van der Waals surface area contributed by atoms with Crippen molar-refractivity contribution in [2.75, 3.05) is 7.11 Å². The molecule has 0 unspecified atom stereocenters. The lowest BCUT2D eigenvalue weighted by atomic mass is 9.98. The van der Waals surface area contributed by atoms with Crippen LogP contribution in [0.25, 0.3) is 0 Å². The molecule has 5 nitrogen and oxygen atoms in total. The van der Waals surface area contributed by atoms with Crippen LogP contribution in [0.3, 0.4) is 0 Å². The molecule has 0 fully saturated rings. The predicted octanol–water partition coefficient (Wildman–Crippen LogP) is 1.32. The number of hydrogen-bond acceptors (Lipinski definition) is 3. The fourth-order valence-corrected chi connectivity index (χ4v) is 1.89. The predicted molar refractivity (Wildman–Crippen MR) is 66.7 cm³/mol. The molecule has 0 saturated heterocycles. The number of carboxylic acids is 1. The smallest absolute Gasteiger partial charge is 0.394 e. The standard InChI is InChI=1S/C13H17NO4/c1-7-5-10(6-14-12(15)13(16)17)8(2)9(3)11(7)18-4/h5H,6H2,1-4H3,(H,14,15)(H,16,17). The number of amides is 1. The Morgan fingerprint density at radius 2 is 1.89 bits per heavy atom. The van der Waals surface area contributed by atoms with E-state index in [1.807, 2.05) is 26.8 Å². The largest absolute Gasteiger partial charge is 0.496 e. The minimum atomic E-state index is -1.48. The molecule has 98 valence electrons. The quantitative estimate of drug-likeness (QED) is 0.794. The lowest BCUT2D eigenvalue weighted by Gasteiger charge is -2.15. The first-order chi connectivity index (χ1) is 8.38. The molecule has 0 aliphatic rings. The van der Waals surface area contributed by atoms with Crippen molar-refractivity contribution in [1.82, 2.24) is 5.32 Å². The summed E-state index contributed by atoms with van der Waals surface area (Å²) in [6, 6.07) is 1.89. The molecular formula is C13H17NO4. The van der Waals surface area contributed by atoms with E-state index in [-0.39, 0.29) is 6.54 Å². The van der Waals surface area contributed by atoms with Crippen LogP contribution in [0.2, 0.25) is 0 Å². The normalized spacial score (nSPS) is 10.0. The van der Waals surface area contributed by atoms with E-state index in [4.69, 9.17) is 9.84 Å². The number of carbonyl (C=O) groups excluding carboxylic acids is 1. The molecule has 0 aromatic heterocycles. The van der Waals surface area contributed by atoms with Crippen LogP contribution in [-0.2, 0) is 16.1 Å². The average Bonchev–Trinajstić information content (AvgIpc) is 2.32. The lowest BCUT2D eigenvalue weighted by molar-refractivity contribution is -0.150. The topological polar surface area (TPSA) is 75.6 Å². The second kappa shape index (κ2) is 5.53. The maximum absolute atomic E-state index is 11.0. The van der Waals surface area contributed by atoms with Crippen molar-refractivity contribution in [3.05, 3.63) is 28.3 Å². The molecule has 18 heavy (non-hydrogen) atoms. The van der Waals surface area contributed by atoms with E-state index in [1.165, 1.54) is 0 Å². The van der Waals surface area contributed by atoms with E-state index >= 15 is 0 Å². The van der Waals surface area contributed by atoms with Crippen molar-refractivity contribution in [1.29, 1.82) is 0 Å². The van der Waals surface area contributed by atoms with E-state index in [0.29, 0.717) is 0 Å². The van der Waals surface area contributed by atoms with Crippen LogP contribution in [0.4, 0.5) is 0 Å². The number of benzene rings is 1. The molecule has 0 aliphatic heterocycles. The van der Waals surface area contributed by atoms with Crippen LogP contribution in [0.15, 0.2) is 6.07 Å². The number of carbonyl (C=O) groups is 2. The Hall–Kier alpha value is -2.04. The number of carboxylic acid groups (broad SMARTS) is 1. The third kappa shape index (κ3) is 2.80. The Kier molecular flexibility index (Phi) is 4.31. The Morgan fingerprint density at radius 3 is 2.39 bits per heavy atom. The van der Waals surface area contributed by atoms with Gasteiger partial charge in [0.1, 0.15) is 5.75 Å². The Balaban J connectivity index is 2.98. The van der Waals surface area contributed by atoms with E-state index in [2.05, 4.69) is 5.32 Å². The zero-order chi connectivity index (χ0) is 13.9. The van der Waals surface area contributed by atoms with Gasteiger partial charge in [-0.25, -0.2) is 4.79 Å². The maximum Gasteiger partial charge on any atom is 0.394 e. The first-order valence-corrected chi connectivity index (χ1v) is 5.53. The SMILES string of the molecule is COc1c(C)cc(CNC(=O)C(=O)O)c(C)c1C. The fraction of sp³-hybridized carbons (Fsp3) is 0.385. The van der Waals surface area contributed by atoms with Gasteiger partial charge in [0.05, 0.1) is 7.11 Å². The number of hydrogen-bond donors (Lipinski definition) is 2. The van der Waals surface area contributed by atoms with Crippen LogP contribution in [0, 0.1) is 20.8 Å². The van der Waals surface area contributed by atoms with Crippen molar-refractivity contribution in [3.8, 4) is 5.75 Å². The second-order valence-electron chi connectivity index (χ2n) is 4.12. The van der Waals surface area contributed by atoms with Gasteiger partial charge in [-0.1, -0.05) is 6.07 Å². The third-order valence-electron chi connectivity index (χ3n) is 2.97. The molecule has 0 heterocycles. The Bertz CT molecular complexity index is 494. The summed E-state index contributed by atoms with van der Waals surface area (Å²) in [5, 5.41) is 10.8. The third-order valence-corrected chi connectivity index (χ3v) is 2.97. The highest BCUT2D eigenvalue weighted by Crippen LogP contribution is 2.28. The van der Waals surface area contributed by atoms with E-state index in [1.54, 1.807) is 7.11 Å². The fourth-order valence-electron chi connectivity index (χ4n) is 1.89. The molecule has 0 radical (unpaired) electrons. The van der Waals surface area contributed by atoms with Gasteiger partial charge in [0.15, 0.2) is 0 Å². The van der Waals surface area contributed by atoms with E-state index < -0.39 is 11.9 Å². The van der Waals surface area contributed by atoms with Gasteiger partial charge in [0.25, 0.3) is 0 Å². The number of methoxy groups -OCH3 is 1. The average molecular weight is 251 g/mol. The van der Waals surface area contributed by atoms with Gasteiger partial charge in [-0.2, -0.15) is 0 Å². The minimum Gasteiger partial charge on any atom is -0.496 e. The summed E-state index contributed by atoms with van der Waals surface area (Å²) in [6.45, 7) is 5.96. The summed E-state index contributed by atoms with van der Waals surface area (Å²) in [7, 11) is 1.61. The summed E-state index contributed by atoms with van der Waals surface area (Å²) in [6.07, 6.45) is 0. The molecule has 0 saturated carbocycles. The highest BCUT2D eigenvalue weighted by atomic mass is 16.5. The summed E-state index contributed by atoms with van der Waals surface area (Å²) < 4.78 is 5.29. The van der Waals surface area contributed by atoms with Gasteiger partial charge < -0.3 is 15.2 Å². The maximum atomic E-state index is 11.0. The molecular weight excluding hydrogens is 234 g/mol. The van der Waals surface area contributed by atoms with Crippen molar-refractivity contribution in [3.63, 3.8) is 0 Å². The molecule has 0 spiro atoms. The molecule has 5 heteroatoms. The van der Waals surface area contributed by atoms with Crippen LogP contribution in [0.5, 0.6) is 5.75 Å². The highest BCUT2D eigenvalue weighted by Gasteiger charge is 2.14. The van der Waals surface area contributed by atoms with Crippen molar-refractivity contribution >= 4 is 11.9 Å². The Morgan fingerprint density at radius 1 is 1.28 bits per heavy atom. The summed E-state index contributed by atoms with van der Waals surface area (Å²) in [5.74, 6) is -1.66. The first kappa shape index (κ1) is 14.0. The zero-order valence-electron chi connectivity index (χ0n) is 11.0. The van der Waals surface area contributed by atoms with Gasteiger partial charge in [0.2, 0.25) is 0 Å². The molecule has 2 N–H and O–H groups in total. The molecule has 1 amide bonds. The number of aliphatic carboxylic acids is 1. The van der Waals surface area contributed by atoms with Gasteiger partial charge >= 0.3 is 11.9 Å². The van der Waals surface area contributed by atoms with Crippen LogP contribution >= 0.6 is 0 Å². The molecule has 1 aromatic rings. The molecule has 1 rings (SSSR count). The summed E-state index contributed by atoms with van der Waals surface area (Å²) in [5.41, 5.74) is 3.83. The van der Waals surface area contributed by atoms with Gasteiger partial charge in [-0.15, -0.1) is 0 Å². The zero-order valence-corrected chi connectivity index (χ0v) is 11.0. The van der Waals surface area contributed by atoms with Gasteiger partial charge in [0, 0.05) is 6.54 Å². The van der Waals surface area contributed by atoms with Crippen LogP contribution in [-0.4, -0.2) is 24.1 Å². The van der Waals surface area contributed by atoms with Crippen molar-refractivity contribution in [2.24, 2.45) is 0 Å².